The highest BCUT2D eigenvalue weighted by Gasteiger charge is 2.20. The van der Waals surface area contributed by atoms with Crippen molar-refractivity contribution in [2.75, 3.05) is 27.7 Å². The predicted molar refractivity (Wildman–Crippen MR) is 118 cm³/mol. The van der Waals surface area contributed by atoms with Crippen LogP contribution in [0.2, 0.25) is 0 Å². The average molecular weight is 405 g/mol. The lowest BCUT2D eigenvalue weighted by atomic mass is 9.89. The monoisotopic (exact) mass is 405 g/mol. The van der Waals surface area contributed by atoms with E-state index in [1.807, 2.05) is 57.4 Å². The molecule has 4 rings (SSSR count). The van der Waals surface area contributed by atoms with Crippen LogP contribution < -0.4 is 15.0 Å². The number of likely N-dealkylation sites (N-methyl/N-ethyl adjacent to an activating group) is 1. The number of aromatic nitrogens is 2. The van der Waals surface area contributed by atoms with Gasteiger partial charge in [-0.2, -0.15) is 9.78 Å². The first kappa shape index (κ1) is 20.2. The molecule has 0 bridgehead atoms. The Hall–Kier alpha value is -3.12. The standard InChI is InChI=1S/C24H27N3O3/c1-16(15-26(2)3)30-20-11-8-19(9-12-20)27-23(28)13-18-6-5-17-7-10-21(29-4)14-22(17)24(18)25-27/h7-14,16H,5-6,15H2,1-4H3. The van der Waals surface area contributed by atoms with Crippen LogP contribution in [0, 0.1) is 0 Å². The van der Waals surface area contributed by atoms with Crippen LogP contribution in [0.3, 0.4) is 0 Å². The smallest absolute Gasteiger partial charge is 0.271 e. The summed E-state index contributed by atoms with van der Waals surface area (Å²) in [6.07, 6.45) is 1.78. The van der Waals surface area contributed by atoms with Gasteiger partial charge in [-0.05, 0) is 81.4 Å². The second-order valence-electron chi connectivity index (χ2n) is 7.98. The minimum Gasteiger partial charge on any atom is -0.497 e. The molecule has 2 aromatic carbocycles. The molecule has 0 saturated heterocycles. The minimum atomic E-state index is -0.130. The maximum absolute atomic E-state index is 12.7. The molecular formula is C24H27N3O3. The fraction of sp³-hybridized carbons (Fsp3) is 0.333. The van der Waals surface area contributed by atoms with E-state index in [2.05, 4.69) is 11.0 Å². The summed E-state index contributed by atoms with van der Waals surface area (Å²) in [5, 5.41) is 4.73. The van der Waals surface area contributed by atoms with Crippen LogP contribution in [-0.4, -0.2) is 48.5 Å². The van der Waals surface area contributed by atoms with Crippen molar-refractivity contribution < 1.29 is 9.47 Å². The van der Waals surface area contributed by atoms with Crippen molar-refractivity contribution in [3.05, 3.63) is 70.0 Å². The topological polar surface area (TPSA) is 56.6 Å². The van der Waals surface area contributed by atoms with Gasteiger partial charge in [0.1, 0.15) is 17.6 Å². The molecule has 1 atom stereocenters. The zero-order chi connectivity index (χ0) is 21.3. The Morgan fingerprint density at radius 2 is 1.73 bits per heavy atom. The van der Waals surface area contributed by atoms with Crippen molar-refractivity contribution in [1.29, 1.82) is 0 Å². The summed E-state index contributed by atoms with van der Waals surface area (Å²) in [5.74, 6) is 1.56. The summed E-state index contributed by atoms with van der Waals surface area (Å²) >= 11 is 0. The van der Waals surface area contributed by atoms with E-state index in [1.54, 1.807) is 13.2 Å². The van der Waals surface area contributed by atoms with E-state index in [0.717, 1.165) is 47.7 Å². The molecule has 0 amide bonds. The molecule has 0 saturated carbocycles. The maximum atomic E-state index is 12.7. The van der Waals surface area contributed by atoms with Crippen molar-refractivity contribution in [2.24, 2.45) is 0 Å². The molecule has 1 aliphatic carbocycles. The van der Waals surface area contributed by atoms with Gasteiger partial charge >= 0.3 is 0 Å². The summed E-state index contributed by atoms with van der Waals surface area (Å²) in [5.41, 5.74) is 4.66. The van der Waals surface area contributed by atoms with Gasteiger partial charge in [-0.3, -0.25) is 4.79 Å². The first-order valence-electron chi connectivity index (χ1n) is 10.2. The Balaban J connectivity index is 1.67. The van der Waals surface area contributed by atoms with Crippen molar-refractivity contribution in [3.8, 4) is 28.4 Å². The van der Waals surface area contributed by atoms with Gasteiger partial charge in [0, 0.05) is 18.2 Å². The highest BCUT2D eigenvalue weighted by Crippen LogP contribution is 2.34. The van der Waals surface area contributed by atoms with Crippen LogP contribution in [0.4, 0.5) is 0 Å². The molecule has 0 spiro atoms. The number of nitrogens with zero attached hydrogens (tertiary/aromatic N) is 3. The number of benzene rings is 2. The first-order valence-corrected chi connectivity index (χ1v) is 10.2. The van der Waals surface area contributed by atoms with Crippen molar-refractivity contribution in [2.45, 2.75) is 25.9 Å². The van der Waals surface area contributed by atoms with Crippen molar-refractivity contribution in [3.63, 3.8) is 0 Å². The van der Waals surface area contributed by atoms with Gasteiger partial charge in [-0.1, -0.05) is 6.07 Å². The molecule has 0 aliphatic heterocycles. The number of aryl methyl sites for hydroxylation is 2. The van der Waals surface area contributed by atoms with Gasteiger partial charge < -0.3 is 14.4 Å². The van der Waals surface area contributed by atoms with E-state index in [9.17, 15) is 4.79 Å². The third kappa shape index (κ3) is 4.09. The van der Waals surface area contributed by atoms with Crippen LogP contribution >= 0.6 is 0 Å². The van der Waals surface area contributed by atoms with Crippen LogP contribution in [0.15, 0.2) is 53.3 Å². The van der Waals surface area contributed by atoms with Gasteiger partial charge in [-0.15, -0.1) is 0 Å². The van der Waals surface area contributed by atoms with Crippen molar-refractivity contribution in [1.82, 2.24) is 14.7 Å². The van der Waals surface area contributed by atoms with Gasteiger partial charge in [0.25, 0.3) is 5.56 Å². The van der Waals surface area contributed by atoms with Gasteiger partial charge in [0.15, 0.2) is 0 Å². The number of ether oxygens (including phenoxy) is 2. The first-order chi connectivity index (χ1) is 14.4. The number of rotatable bonds is 6. The molecule has 1 heterocycles. The molecule has 6 nitrogen and oxygen atoms in total. The SMILES string of the molecule is COc1ccc2c(c1)-c1nn(-c3ccc(OC(C)CN(C)C)cc3)c(=O)cc1CC2. The number of methoxy groups -OCH3 is 1. The fourth-order valence-electron chi connectivity index (χ4n) is 3.93. The number of hydrogen-bond donors (Lipinski definition) is 0. The zero-order valence-electron chi connectivity index (χ0n) is 17.9. The Morgan fingerprint density at radius 1 is 1.03 bits per heavy atom. The predicted octanol–water partition coefficient (Wildman–Crippen LogP) is 3.34. The summed E-state index contributed by atoms with van der Waals surface area (Å²) in [7, 11) is 5.69. The minimum absolute atomic E-state index is 0.0712. The number of fused-ring (bicyclic) bond motifs is 3. The van der Waals surface area contributed by atoms with Crippen LogP contribution in [0.5, 0.6) is 11.5 Å². The third-order valence-electron chi connectivity index (χ3n) is 5.29. The summed E-state index contributed by atoms with van der Waals surface area (Å²) < 4.78 is 12.8. The highest BCUT2D eigenvalue weighted by molar-refractivity contribution is 5.70. The molecule has 1 aromatic heterocycles. The summed E-state index contributed by atoms with van der Waals surface area (Å²) in [6, 6.07) is 15.2. The molecule has 30 heavy (non-hydrogen) atoms. The third-order valence-corrected chi connectivity index (χ3v) is 5.29. The van der Waals surface area contributed by atoms with Gasteiger partial charge in [0.2, 0.25) is 0 Å². The molecule has 3 aromatic rings. The van der Waals surface area contributed by atoms with E-state index in [4.69, 9.17) is 14.6 Å². The molecule has 0 N–H and O–H groups in total. The lowest BCUT2D eigenvalue weighted by Crippen LogP contribution is -2.28. The quantitative estimate of drug-likeness (QED) is 0.630. The lowest BCUT2D eigenvalue weighted by molar-refractivity contribution is 0.177. The van der Waals surface area contributed by atoms with Crippen LogP contribution in [0.25, 0.3) is 16.9 Å². The van der Waals surface area contributed by atoms with Crippen LogP contribution in [0.1, 0.15) is 18.1 Å². The maximum Gasteiger partial charge on any atom is 0.271 e. The molecule has 0 fully saturated rings. The second-order valence-corrected chi connectivity index (χ2v) is 7.98. The van der Waals surface area contributed by atoms with E-state index in [1.165, 1.54) is 10.2 Å². The molecule has 156 valence electrons. The zero-order valence-corrected chi connectivity index (χ0v) is 17.9. The Kier molecular flexibility index (Phi) is 5.59. The van der Waals surface area contributed by atoms with Crippen LogP contribution in [-0.2, 0) is 12.8 Å². The van der Waals surface area contributed by atoms with E-state index >= 15 is 0 Å². The number of hydrogen-bond acceptors (Lipinski definition) is 5. The lowest BCUT2D eigenvalue weighted by Gasteiger charge is -2.21. The normalized spacial score (nSPS) is 13.5. The molecule has 1 unspecified atom stereocenters. The van der Waals surface area contributed by atoms with Crippen molar-refractivity contribution >= 4 is 0 Å². The van der Waals surface area contributed by atoms with E-state index in [-0.39, 0.29) is 11.7 Å². The van der Waals surface area contributed by atoms with E-state index < -0.39 is 0 Å². The second kappa shape index (κ2) is 8.32. The molecule has 0 radical (unpaired) electrons. The Labute approximate surface area is 176 Å². The molecule has 6 heteroatoms. The fourth-order valence-corrected chi connectivity index (χ4v) is 3.93. The van der Waals surface area contributed by atoms with E-state index in [0.29, 0.717) is 5.69 Å². The van der Waals surface area contributed by atoms with Gasteiger partial charge in [-0.25, -0.2) is 0 Å². The largest absolute Gasteiger partial charge is 0.497 e. The molecule has 1 aliphatic rings. The Bertz CT molecular complexity index is 1100. The Morgan fingerprint density at radius 3 is 2.43 bits per heavy atom. The van der Waals surface area contributed by atoms with Gasteiger partial charge in [0.05, 0.1) is 18.5 Å². The molecular weight excluding hydrogens is 378 g/mol. The summed E-state index contributed by atoms with van der Waals surface area (Å²) in [6.45, 7) is 2.87. The highest BCUT2D eigenvalue weighted by atomic mass is 16.5. The average Bonchev–Trinajstić information content (AvgIpc) is 2.72. The summed E-state index contributed by atoms with van der Waals surface area (Å²) in [4.78, 5) is 14.8.